The summed E-state index contributed by atoms with van der Waals surface area (Å²) >= 11 is 0. The minimum Gasteiger partial charge on any atom is -0.454 e. The van der Waals surface area contributed by atoms with E-state index in [0.717, 1.165) is 0 Å². The molecule has 1 aliphatic rings. The fourth-order valence-corrected chi connectivity index (χ4v) is 2.37. The molecule has 0 radical (unpaired) electrons. The quantitative estimate of drug-likeness (QED) is 0.751. The normalized spacial score (nSPS) is 12.4. The molecule has 0 saturated carbocycles. The number of nitrogens with zero attached hydrogens (tertiary/aromatic N) is 1. The second kappa shape index (κ2) is 5.34. The standard InChI is InChI=1S/C16H10FN3O4/c17-9-3-1-8(2-4-9)14(21)19-16-18-11-6-13-12(23-7-24-13)5-10(11)15(22)20-16/h1-6H,7H2,(H2,18,19,20,21,22). The molecule has 120 valence electrons. The van der Waals surface area contributed by atoms with E-state index in [4.69, 9.17) is 9.47 Å². The summed E-state index contributed by atoms with van der Waals surface area (Å²) in [6.45, 7) is 0.0811. The predicted octanol–water partition coefficient (Wildman–Crippen LogP) is 2.04. The molecule has 2 N–H and O–H groups in total. The molecule has 4 rings (SSSR count). The summed E-state index contributed by atoms with van der Waals surface area (Å²) in [6.07, 6.45) is 0. The SMILES string of the molecule is O=C(Nc1nc2cc3c(cc2c(=O)[nH]1)OCO3)c1ccc(F)cc1. The van der Waals surface area contributed by atoms with Gasteiger partial charge in [0, 0.05) is 11.6 Å². The first-order chi connectivity index (χ1) is 11.6. The van der Waals surface area contributed by atoms with Crippen molar-refractivity contribution in [3.8, 4) is 11.5 Å². The maximum atomic E-state index is 12.9. The van der Waals surface area contributed by atoms with Crippen molar-refractivity contribution in [2.24, 2.45) is 0 Å². The van der Waals surface area contributed by atoms with Gasteiger partial charge in [-0.2, -0.15) is 0 Å². The van der Waals surface area contributed by atoms with Gasteiger partial charge in [0.15, 0.2) is 11.5 Å². The van der Waals surface area contributed by atoms with E-state index in [9.17, 15) is 14.0 Å². The van der Waals surface area contributed by atoms with Crippen molar-refractivity contribution in [2.45, 2.75) is 0 Å². The van der Waals surface area contributed by atoms with E-state index in [1.54, 1.807) is 6.07 Å². The van der Waals surface area contributed by atoms with Gasteiger partial charge in [-0.25, -0.2) is 9.37 Å². The van der Waals surface area contributed by atoms with Gasteiger partial charge < -0.3 is 9.47 Å². The molecule has 2 heterocycles. The Morgan fingerprint density at radius 2 is 1.88 bits per heavy atom. The number of hydrogen-bond acceptors (Lipinski definition) is 5. The van der Waals surface area contributed by atoms with Crippen LogP contribution < -0.4 is 20.3 Å². The molecule has 0 atom stereocenters. The molecular weight excluding hydrogens is 317 g/mol. The number of carbonyl (C=O) groups is 1. The van der Waals surface area contributed by atoms with Crippen LogP contribution in [0.15, 0.2) is 41.2 Å². The van der Waals surface area contributed by atoms with Crippen molar-refractivity contribution in [1.29, 1.82) is 0 Å². The lowest BCUT2D eigenvalue weighted by atomic mass is 10.2. The lowest BCUT2D eigenvalue weighted by Gasteiger charge is -2.06. The zero-order valence-corrected chi connectivity index (χ0v) is 12.1. The van der Waals surface area contributed by atoms with E-state index in [1.807, 2.05) is 0 Å². The third-order valence-corrected chi connectivity index (χ3v) is 3.54. The molecule has 1 amide bonds. The molecule has 0 spiro atoms. The molecule has 0 aliphatic carbocycles. The molecule has 3 aromatic rings. The van der Waals surface area contributed by atoms with Gasteiger partial charge in [-0.1, -0.05) is 0 Å². The van der Waals surface area contributed by atoms with Crippen LogP contribution in [0.3, 0.4) is 0 Å². The van der Waals surface area contributed by atoms with Crippen LogP contribution in [0.2, 0.25) is 0 Å². The average molecular weight is 327 g/mol. The molecule has 8 heteroatoms. The molecule has 1 aromatic heterocycles. The summed E-state index contributed by atoms with van der Waals surface area (Å²) in [5, 5.41) is 2.80. The highest BCUT2D eigenvalue weighted by Gasteiger charge is 2.17. The van der Waals surface area contributed by atoms with Crippen molar-refractivity contribution in [1.82, 2.24) is 9.97 Å². The lowest BCUT2D eigenvalue weighted by molar-refractivity contribution is 0.102. The van der Waals surface area contributed by atoms with E-state index in [2.05, 4.69) is 15.3 Å². The molecule has 0 unspecified atom stereocenters. The lowest BCUT2D eigenvalue weighted by Crippen LogP contribution is -2.18. The number of ether oxygens (including phenoxy) is 2. The van der Waals surface area contributed by atoms with Crippen LogP contribution in [0.4, 0.5) is 10.3 Å². The van der Waals surface area contributed by atoms with Gasteiger partial charge in [0.25, 0.3) is 11.5 Å². The number of fused-ring (bicyclic) bond motifs is 2. The summed E-state index contributed by atoms with van der Waals surface area (Å²) in [5.74, 6) is -0.0203. The third-order valence-electron chi connectivity index (χ3n) is 3.54. The van der Waals surface area contributed by atoms with E-state index < -0.39 is 17.3 Å². The van der Waals surface area contributed by atoms with Crippen LogP contribution in [-0.2, 0) is 0 Å². The Bertz CT molecular complexity index is 1010. The minimum absolute atomic E-state index is 0.0132. The summed E-state index contributed by atoms with van der Waals surface area (Å²) < 4.78 is 23.4. The van der Waals surface area contributed by atoms with Crippen LogP contribution in [0.5, 0.6) is 11.5 Å². The summed E-state index contributed by atoms with van der Waals surface area (Å²) in [7, 11) is 0. The first kappa shape index (κ1) is 14.2. The van der Waals surface area contributed by atoms with Crippen LogP contribution in [-0.4, -0.2) is 22.7 Å². The first-order valence-corrected chi connectivity index (χ1v) is 7.01. The van der Waals surface area contributed by atoms with Gasteiger partial charge >= 0.3 is 0 Å². The Balaban J connectivity index is 1.69. The van der Waals surface area contributed by atoms with E-state index in [1.165, 1.54) is 30.3 Å². The van der Waals surface area contributed by atoms with Gasteiger partial charge in [0.2, 0.25) is 12.7 Å². The molecule has 0 saturated heterocycles. The number of aromatic amines is 1. The van der Waals surface area contributed by atoms with Crippen molar-refractivity contribution < 1.29 is 18.7 Å². The molecular formula is C16H10FN3O4. The maximum Gasteiger partial charge on any atom is 0.260 e. The second-order valence-corrected chi connectivity index (χ2v) is 5.10. The van der Waals surface area contributed by atoms with Crippen molar-refractivity contribution in [2.75, 3.05) is 12.1 Å². The Morgan fingerprint density at radius 1 is 1.17 bits per heavy atom. The average Bonchev–Trinajstić information content (AvgIpc) is 3.01. The second-order valence-electron chi connectivity index (χ2n) is 5.10. The minimum atomic E-state index is -0.516. The molecule has 24 heavy (non-hydrogen) atoms. The van der Waals surface area contributed by atoms with Crippen LogP contribution >= 0.6 is 0 Å². The summed E-state index contributed by atoms with van der Waals surface area (Å²) in [4.78, 5) is 31.0. The van der Waals surface area contributed by atoms with E-state index in [0.29, 0.717) is 22.4 Å². The summed E-state index contributed by atoms with van der Waals surface area (Å²) in [6, 6.07) is 8.12. The molecule has 7 nitrogen and oxygen atoms in total. The first-order valence-electron chi connectivity index (χ1n) is 7.01. The van der Waals surface area contributed by atoms with Crippen molar-refractivity contribution in [3.05, 3.63) is 58.1 Å². The molecule has 0 fully saturated rings. The highest BCUT2D eigenvalue weighted by Crippen LogP contribution is 2.34. The van der Waals surface area contributed by atoms with E-state index in [-0.39, 0.29) is 18.3 Å². The number of carbonyl (C=O) groups excluding carboxylic acids is 1. The van der Waals surface area contributed by atoms with Crippen molar-refractivity contribution >= 4 is 22.8 Å². The topological polar surface area (TPSA) is 93.3 Å². The number of hydrogen-bond donors (Lipinski definition) is 2. The number of rotatable bonds is 2. The zero-order chi connectivity index (χ0) is 16.7. The number of benzene rings is 2. The van der Waals surface area contributed by atoms with Crippen LogP contribution in [0.1, 0.15) is 10.4 Å². The van der Waals surface area contributed by atoms with Crippen LogP contribution in [0, 0.1) is 5.82 Å². The smallest absolute Gasteiger partial charge is 0.260 e. The fourth-order valence-electron chi connectivity index (χ4n) is 2.37. The Morgan fingerprint density at radius 3 is 2.62 bits per heavy atom. The number of halogens is 1. The van der Waals surface area contributed by atoms with E-state index >= 15 is 0 Å². The van der Waals surface area contributed by atoms with Gasteiger partial charge in [0.1, 0.15) is 5.82 Å². The number of H-pyrrole nitrogens is 1. The number of aromatic nitrogens is 2. The molecule has 1 aliphatic heterocycles. The maximum absolute atomic E-state index is 12.9. The highest BCUT2D eigenvalue weighted by molar-refractivity contribution is 6.03. The van der Waals surface area contributed by atoms with Gasteiger partial charge in [-0.3, -0.25) is 19.9 Å². The van der Waals surface area contributed by atoms with Gasteiger partial charge in [-0.15, -0.1) is 0 Å². The number of anilines is 1. The highest BCUT2D eigenvalue weighted by atomic mass is 19.1. The Labute approximate surface area is 134 Å². The molecule has 2 aromatic carbocycles. The fraction of sp³-hybridized carbons (Fsp3) is 0.0625. The van der Waals surface area contributed by atoms with Crippen molar-refractivity contribution in [3.63, 3.8) is 0 Å². The molecule has 0 bridgehead atoms. The monoisotopic (exact) mass is 327 g/mol. The van der Waals surface area contributed by atoms with Gasteiger partial charge in [-0.05, 0) is 30.3 Å². The largest absolute Gasteiger partial charge is 0.454 e. The zero-order valence-electron chi connectivity index (χ0n) is 12.1. The number of amides is 1. The predicted molar refractivity (Wildman–Crippen MR) is 82.8 cm³/mol. The Hall–Kier alpha value is -3.42. The number of nitrogens with one attached hydrogen (secondary N) is 2. The summed E-state index contributed by atoms with van der Waals surface area (Å²) in [5.41, 5.74) is 0.176. The third kappa shape index (κ3) is 2.43. The van der Waals surface area contributed by atoms with Gasteiger partial charge in [0.05, 0.1) is 10.9 Å². The Kier molecular flexibility index (Phi) is 3.16. The van der Waals surface area contributed by atoms with Crippen LogP contribution in [0.25, 0.3) is 10.9 Å².